The van der Waals surface area contributed by atoms with Crippen LogP contribution < -0.4 is 14.8 Å². The number of carbonyl (C=O) groups excluding carboxylic acids is 1. The summed E-state index contributed by atoms with van der Waals surface area (Å²) in [5.74, 6) is 1.47. The Morgan fingerprint density at radius 2 is 1.86 bits per heavy atom. The maximum absolute atomic E-state index is 12.2. The van der Waals surface area contributed by atoms with Crippen molar-refractivity contribution in [2.24, 2.45) is 0 Å². The van der Waals surface area contributed by atoms with Crippen LogP contribution in [0.25, 0.3) is 0 Å². The van der Waals surface area contributed by atoms with Gasteiger partial charge in [0, 0.05) is 11.8 Å². The predicted octanol–water partition coefficient (Wildman–Crippen LogP) is 3.13. The molecule has 0 aliphatic carbocycles. The molecule has 2 aromatic rings. The van der Waals surface area contributed by atoms with Crippen molar-refractivity contribution in [2.75, 3.05) is 18.5 Å². The van der Waals surface area contributed by atoms with Crippen LogP contribution in [0.3, 0.4) is 0 Å². The second kappa shape index (κ2) is 7.28. The number of amides is 1. The summed E-state index contributed by atoms with van der Waals surface area (Å²) in [6, 6.07) is 10.4. The van der Waals surface area contributed by atoms with Crippen LogP contribution in [-0.2, 0) is 0 Å². The summed E-state index contributed by atoms with van der Waals surface area (Å²) in [5, 5.41) is 2.73. The zero-order valence-electron chi connectivity index (χ0n) is 12.1. The van der Waals surface area contributed by atoms with E-state index in [0.717, 1.165) is 0 Å². The van der Waals surface area contributed by atoms with Gasteiger partial charge < -0.3 is 14.8 Å². The van der Waals surface area contributed by atoms with Crippen LogP contribution in [0.15, 0.2) is 42.6 Å². The van der Waals surface area contributed by atoms with Crippen molar-refractivity contribution in [3.05, 3.63) is 48.2 Å². The number of rotatable bonds is 6. The Labute approximate surface area is 123 Å². The molecular weight excluding hydrogens is 268 g/mol. The molecule has 0 unspecified atom stereocenters. The minimum absolute atomic E-state index is 0.238. The van der Waals surface area contributed by atoms with E-state index in [9.17, 15) is 4.79 Å². The molecule has 0 fully saturated rings. The molecule has 2 rings (SSSR count). The van der Waals surface area contributed by atoms with Crippen LogP contribution in [0, 0.1) is 0 Å². The van der Waals surface area contributed by atoms with E-state index >= 15 is 0 Å². The highest BCUT2D eigenvalue weighted by Crippen LogP contribution is 2.28. The topological polar surface area (TPSA) is 60.5 Å². The van der Waals surface area contributed by atoms with Gasteiger partial charge in [-0.1, -0.05) is 6.07 Å². The van der Waals surface area contributed by atoms with Crippen LogP contribution in [-0.4, -0.2) is 24.1 Å². The molecule has 5 nitrogen and oxygen atoms in total. The van der Waals surface area contributed by atoms with Gasteiger partial charge in [0.25, 0.3) is 5.91 Å². The summed E-state index contributed by atoms with van der Waals surface area (Å²) in [6.45, 7) is 4.83. The number of ether oxygens (including phenoxy) is 2. The van der Waals surface area contributed by atoms with E-state index in [1.54, 1.807) is 36.5 Å². The predicted molar refractivity (Wildman–Crippen MR) is 81.0 cm³/mol. The van der Waals surface area contributed by atoms with E-state index in [-0.39, 0.29) is 5.91 Å². The summed E-state index contributed by atoms with van der Waals surface area (Å²) in [6.07, 6.45) is 1.62. The lowest BCUT2D eigenvalue weighted by Gasteiger charge is -2.12. The molecule has 1 N–H and O–H groups in total. The minimum Gasteiger partial charge on any atom is -0.490 e. The number of nitrogens with one attached hydrogen (secondary N) is 1. The van der Waals surface area contributed by atoms with Crippen molar-refractivity contribution < 1.29 is 14.3 Å². The van der Waals surface area contributed by atoms with E-state index in [1.807, 2.05) is 19.9 Å². The van der Waals surface area contributed by atoms with Gasteiger partial charge in [-0.25, -0.2) is 4.98 Å². The first-order chi connectivity index (χ1) is 10.2. The van der Waals surface area contributed by atoms with Gasteiger partial charge in [-0.15, -0.1) is 0 Å². The van der Waals surface area contributed by atoms with Crippen LogP contribution in [0.4, 0.5) is 5.82 Å². The van der Waals surface area contributed by atoms with E-state index in [4.69, 9.17) is 9.47 Å². The molecule has 5 heteroatoms. The molecule has 0 saturated heterocycles. The van der Waals surface area contributed by atoms with Crippen LogP contribution in [0.5, 0.6) is 11.5 Å². The lowest BCUT2D eigenvalue weighted by molar-refractivity contribution is 0.102. The third kappa shape index (κ3) is 3.95. The Kier molecular flexibility index (Phi) is 5.15. The number of anilines is 1. The molecule has 0 radical (unpaired) electrons. The first kappa shape index (κ1) is 14.8. The standard InChI is InChI=1S/C16H18N2O3/c1-3-20-13-9-8-12(11-14(13)21-4-2)16(19)18-15-7-5-6-10-17-15/h5-11H,3-4H2,1-2H3,(H,17,18,19). The maximum atomic E-state index is 12.2. The largest absolute Gasteiger partial charge is 0.490 e. The summed E-state index contributed by atoms with van der Waals surface area (Å²) in [5.41, 5.74) is 0.493. The quantitative estimate of drug-likeness (QED) is 0.886. The first-order valence-electron chi connectivity index (χ1n) is 6.86. The van der Waals surface area contributed by atoms with Crippen LogP contribution >= 0.6 is 0 Å². The summed E-state index contributed by atoms with van der Waals surface area (Å²) < 4.78 is 11.0. The number of carbonyl (C=O) groups is 1. The van der Waals surface area contributed by atoms with Crippen molar-refractivity contribution in [2.45, 2.75) is 13.8 Å². The molecule has 0 spiro atoms. The van der Waals surface area contributed by atoms with Crippen molar-refractivity contribution in [1.29, 1.82) is 0 Å². The first-order valence-corrected chi connectivity index (χ1v) is 6.86. The Morgan fingerprint density at radius 1 is 1.10 bits per heavy atom. The highest BCUT2D eigenvalue weighted by atomic mass is 16.5. The van der Waals surface area contributed by atoms with Gasteiger partial charge in [-0.05, 0) is 44.2 Å². The Bertz CT molecular complexity index is 600. The second-order valence-electron chi connectivity index (χ2n) is 4.20. The van der Waals surface area contributed by atoms with Gasteiger partial charge in [-0.2, -0.15) is 0 Å². The average molecular weight is 286 g/mol. The minimum atomic E-state index is -0.238. The molecule has 1 heterocycles. The van der Waals surface area contributed by atoms with Gasteiger partial charge in [0.15, 0.2) is 11.5 Å². The SMILES string of the molecule is CCOc1ccc(C(=O)Nc2ccccn2)cc1OCC. The smallest absolute Gasteiger partial charge is 0.256 e. The lowest BCUT2D eigenvalue weighted by Crippen LogP contribution is -2.13. The number of hydrogen-bond donors (Lipinski definition) is 1. The molecule has 110 valence electrons. The highest BCUT2D eigenvalue weighted by molar-refractivity contribution is 6.04. The molecule has 21 heavy (non-hydrogen) atoms. The maximum Gasteiger partial charge on any atom is 0.256 e. The van der Waals surface area contributed by atoms with Crippen molar-refractivity contribution in [1.82, 2.24) is 4.98 Å². The Hall–Kier alpha value is -2.56. The molecule has 1 aromatic heterocycles. The highest BCUT2D eigenvalue weighted by Gasteiger charge is 2.12. The van der Waals surface area contributed by atoms with Crippen LogP contribution in [0.2, 0.25) is 0 Å². The number of hydrogen-bond acceptors (Lipinski definition) is 4. The molecule has 0 bridgehead atoms. The third-order valence-corrected chi connectivity index (χ3v) is 2.71. The van der Waals surface area contributed by atoms with Gasteiger partial charge in [0.1, 0.15) is 5.82 Å². The second-order valence-corrected chi connectivity index (χ2v) is 4.20. The number of aromatic nitrogens is 1. The average Bonchev–Trinajstić information content (AvgIpc) is 2.50. The molecular formula is C16H18N2O3. The molecule has 1 amide bonds. The number of nitrogens with zero attached hydrogens (tertiary/aromatic N) is 1. The molecule has 0 aliphatic rings. The van der Waals surface area contributed by atoms with Crippen molar-refractivity contribution >= 4 is 11.7 Å². The number of pyridine rings is 1. The Morgan fingerprint density at radius 3 is 2.52 bits per heavy atom. The molecule has 0 aliphatic heterocycles. The zero-order valence-corrected chi connectivity index (χ0v) is 12.1. The summed E-state index contributed by atoms with van der Waals surface area (Å²) >= 11 is 0. The van der Waals surface area contributed by atoms with Crippen molar-refractivity contribution in [3.63, 3.8) is 0 Å². The summed E-state index contributed by atoms with van der Waals surface area (Å²) in [7, 11) is 0. The van der Waals surface area contributed by atoms with E-state index < -0.39 is 0 Å². The van der Waals surface area contributed by atoms with Gasteiger partial charge in [-0.3, -0.25) is 4.79 Å². The fourth-order valence-corrected chi connectivity index (χ4v) is 1.82. The monoisotopic (exact) mass is 286 g/mol. The lowest BCUT2D eigenvalue weighted by atomic mass is 10.2. The molecule has 1 aromatic carbocycles. The van der Waals surface area contributed by atoms with E-state index in [2.05, 4.69) is 10.3 Å². The van der Waals surface area contributed by atoms with E-state index in [1.165, 1.54) is 0 Å². The Balaban J connectivity index is 2.19. The van der Waals surface area contributed by atoms with Gasteiger partial charge >= 0.3 is 0 Å². The normalized spacial score (nSPS) is 10.0. The number of benzene rings is 1. The van der Waals surface area contributed by atoms with Crippen LogP contribution in [0.1, 0.15) is 24.2 Å². The van der Waals surface area contributed by atoms with Gasteiger partial charge in [0.2, 0.25) is 0 Å². The van der Waals surface area contributed by atoms with E-state index in [0.29, 0.717) is 36.1 Å². The third-order valence-electron chi connectivity index (χ3n) is 2.71. The fourth-order valence-electron chi connectivity index (χ4n) is 1.82. The van der Waals surface area contributed by atoms with Gasteiger partial charge in [0.05, 0.1) is 13.2 Å². The summed E-state index contributed by atoms with van der Waals surface area (Å²) in [4.78, 5) is 16.3. The molecule has 0 atom stereocenters. The molecule has 0 saturated carbocycles. The van der Waals surface area contributed by atoms with Crippen molar-refractivity contribution in [3.8, 4) is 11.5 Å². The fraction of sp³-hybridized carbons (Fsp3) is 0.250. The zero-order chi connectivity index (χ0) is 15.1.